The number of pyridine rings is 1. The molecule has 0 atom stereocenters. The van der Waals surface area contributed by atoms with E-state index in [1.807, 2.05) is 0 Å². The van der Waals surface area contributed by atoms with Gasteiger partial charge in [0.1, 0.15) is 5.82 Å². The minimum atomic E-state index is 0.486. The quantitative estimate of drug-likeness (QED) is 0.744. The molecule has 114 valence electrons. The molecule has 0 unspecified atom stereocenters. The Kier molecular flexibility index (Phi) is 5.64. The number of nitrogens with one attached hydrogen (secondary N) is 1. The van der Waals surface area contributed by atoms with Crippen LogP contribution in [0.4, 0.5) is 5.82 Å². The summed E-state index contributed by atoms with van der Waals surface area (Å²) in [5.41, 5.74) is 2.44. The van der Waals surface area contributed by atoms with Crippen molar-refractivity contribution >= 4 is 5.82 Å². The van der Waals surface area contributed by atoms with Gasteiger partial charge in [-0.05, 0) is 42.9 Å². The molecule has 0 aliphatic heterocycles. The SMILES string of the molecule is C#CCN(CC1CC1)c1cc(CNC(C)C)cc(CC)n1. The van der Waals surface area contributed by atoms with Crippen LogP contribution in [0.15, 0.2) is 12.1 Å². The second-order valence-electron chi connectivity index (χ2n) is 6.24. The molecule has 0 spiro atoms. The van der Waals surface area contributed by atoms with Gasteiger partial charge in [-0.25, -0.2) is 4.98 Å². The van der Waals surface area contributed by atoms with Gasteiger partial charge in [0.15, 0.2) is 0 Å². The lowest BCUT2D eigenvalue weighted by Gasteiger charge is -2.23. The Morgan fingerprint density at radius 3 is 2.76 bits per heavy atom. The molecule has 3 heteroatoms. The van der Waals surface area contributed by atoms with Crippen molar-refractivity contribution in [3.63, 3.8) is 0 Å². The molecule has 1 saturated carbocycles. The predicted molar refractivity (Wildman–Crippen MR) is 89.4 cm³/mol. The van der Waals surface area contributed by atoms with Crippen molar-refractivity contribution in [3.8, 4) is 12.3 Å². The first-order valence-corrected chi connectivity index (χ1v) is 8.04. The van der Waals surface area contributed by atoms with Gasteiger partial charge in [0.25, 0.3) is 0 Å². The van der Waals surface area contributed by atoms with E-state index in [1.54, 1.807) is 0 Å². The lowest BCUT2D eigenvalue weighted by molar-refractivity contribution is 0.588. The third-order valence-electron chi connectivity index (χ3n) is 3.78. The number of aryl methyl sites for hydroxylation is 1. The van der Waals surface area contributed by atoms with Crippen LogP contribution in [-0.4, -0.2) is 24.1 Å². The highest BCUT2D eigenvalue weighted by Crippen LogP contribution is 2.31. The van der Waals surface area contributed by atoms with Gasteiger partial charge in [0.2, 0.25) is 0 Å². The summed E-state index contributed by atoms with van der Waals surface area (Å²) >= 11 is 0. The third-order valence-corrected chi connectivity index (χ3v) is 3.78. The van der Waals surface area contributed by atoms with Gasteiger partial charge in [-0.15, -0.1) is 6.42 Å². The second-order valence-corrected chi connectivity index (χ2v) is 6.24. The number of nitrogens with zero attached hydrogens (tertiary/aromatic N) is 2. The highest BCUT2D eigenvalue weighted by Gasteiger charge is 2.25. The van der Waals surface area contributed by atoms with E-state index in [9.17, 15) is 0 Å². The van der Waals surface area contributed by atoms with Gasteiger partial charge in [-0.1, -0.05) is 26.7 Å². The monoisotopic (exact) mass is 285 g/mol. The van der Waals surface area contributed by atoms with Crippen LogP contribution in [0.25, 0.3) is 0 Å². The molecule has 0 radical (unpaired) electrons. The van der Waals surface area contributed by atoms with Crippen LogP contribution in [0.3, 0.4) is 0 Å². The summed E-state index contributed by atoms with van der Waals surface area (Å²) in [6.45, 7) is 9.06. The van der Waals surface area contributed by atoms with Gasteiger partial charge in [-0.2, -0.15) is 0 Å². The number of hydrogen-bond donors (Lipinski definition) is 1. The van der Waals surface area contributed by atoms with Crippen molar-refractivity contribution in [1.29, 1.82) is 0 Å². The van der Waals surface area contributed by atoms with Gasteiger partial charge in [0, 0.05) is 24.8 Å². The zero-order chi connectivity index (χ0) is 15.2. The zero-order valence-corrected chi connectivity index (χ0v) is 13.5. The van der Waals surface area contributed by atoms with Crippen molar-refractivity contribution in [2.24, 2.45) is 5.92 Å². The topological polar surface area (TPSA) is 28.2 Å². The molecule has 0 aromatic carbocycles. The predicted octanol–water partition coefficient (Wildman–Crippen LogP) is 2.99. The van der Waals surface area contributed by atoms with E-state index in [1.165, 1.54) is 18.4 Å². The molecular weight excluding hydrogens is 258 g/mol. The van der Waals surface area contributed by atoms with Crippen LogP contribution < -0.4 is 10.2 Å². The Hall–Kier alpha value is -1.53. The van der Waals surface area contributed by atoms with E-state index < -0.39 is 0 Å². The van der Waals surface area contributed by atoms with Crippen LogP contribution >= 0.6 is 0 Å². The molecule has 0 saturated heterocycles. The van der Waals surface area contributed by atoms with E-state index in [4.69, 9.17) is 11.4 Å². The normalized spacial score (nSPS) is 14.2. The van der Waals surface area contributed by atoms with Crippen molar-refractivity contribution in [1.82, 2.24) is 10.3 Å². The Balaban J connectivity index is 2.18. The summed E-state index contributed by atoms with van der Waals surface area (Å²) in [4.78, 5) is 7.04. The van der Waals surface area contributed by atoms with Crippen LogP contribution in [0, 0.1) is 18.3 Å². The van der Waals surface area contributed by atoms with Crippen LogP contribution in [0.5, 0.6) is 0 Å². The van der Waals surface area contributed by atoms with Gasteiger partial charge >= 0.3 is 0 Å². The average molecular weight is 285 g/mol. The molecule has 0 amide bonds. The van der Waals surface area contributed by atoms with Crippen molar-refractivity contribution in [3.05, 3.63) is 23.4 Å². The Morgan fingerprint density at radius 1 is 1.43 bits per heavy atom. The molecule has 0 bridgehead atoms. The van der Waals surface area contributed by atoms with Gasteiger partial charge in [-0.3, -0.25) is 0 Å². The number of anilines is 1. The first kappa shape index (κ1) is 15.9. The lowest BCUT2D eigenvalue weighted by atomic mass is 10.1. The maximum Gasteiger partial charge on any atom is 0.129 e. The molecule has 1 aromatic heterocycles. The molecule has 2 rings (SSSR count). The van der Waals surface area contributed by atoms with Gasteiger partial charge in [0.05, 0.1) is 6.54 Å². The number of terminal acetylenes is 1. The maximum atomic E-state index is 5.54. The zero-order valence-electron chi connectivity index (χ0n) is 13.5. The fourth-order valence-electron chi connectivity index (χ4n) is 2.36. The van der Waals surface area contributed by atoms with E-state index in [0.717, 1.165) is 36.9 Å². The summed E-state index contributed by atoms with van der Waals surface area (Å²) < 4.78 is 0. The minimum Gasteiger partial charge on any atom is -0.345 e. The smallest absolute Gasteiger partial charge is 0.129 e. The Morgan fingerprint density at radius 2 is 2.19 bits per heavy atom. The highest BCUT2D eigenvalue weighted by molar-refractivity contribution is 5.44. The van der Waals surface area contributed by atoms with E-state index >= 15 is 0 Å². The van der Waals surface area contributed by atoms with E-state index in [-0.39, 0.29) is 0 Å². The maximum absolute atomic E-state index is 5.54. The summed E-state index contributed by atoms with van der Waals surface area (Å²) in [6, 6.07) is 4.87. The molecule has 1 aliphatic rings. The Bertz CT molecular complexity index is 498. The summed E-state index contributed by atoms with van der Waals surface area (Å²) in [7, 11) is 0. The third kappa shape index (κ3) is 5.06. The van der Waals surface area contributed by atoms with Crippen molar-refractivity contribution in [2.75, 3.05) is 18.0 Å². The molecule has 1 aliphatic carbocycles. The fourth-order valence-corrected chi connectivity index (χ4v) is 2.36. The summed E-state index contributed by atoms with van der Waals surface area (Å²) in [5.74, 6) is 4.63. The minimum absolute atomic E-state index is 0.486. The highest BCUT2D eigenvalue weighted by atomic mass is 15.2. The van der Waals surface area contributed by atoms with Crippen LogP contribution in [-0.2, 0) is 13.0 Å². The first-order chi connectivity index (χ1) is 10.1. The molecule has 3 nitrogen and oxygen atoms in total. The van der Waals surface area contributed by atoms with Crippen molar-refractivity contribution < 1.29 is 0 Å². The number of aromatic nitrogens is 1. The van der Waals surface area contributed by atoms with Crippen LogP contribution in [0.1, 0.15) is 44.9 Å². The molecule has 1 aromatic rings. The standard InChI is InChI=1S/C18H27N3/c1-5-9-21(13-15-7-8-15)18-11-16(12-19-14(3)4)10-17(6-2)20-18/h1,10-11,14-15,19H,6-9,12-13H2,2-4H3. The number of rotatable bonds is 8. The van der Waals surface area contributed by atoms with E-state index in [0.29, 0.717) is 12.6 Å². The summed E-state index contributed by atoms with van der Waals surface area (Å²) in [6.07, 6.45) is 9.15. The molecule has 1 fully saturated rings. The molecule has 1 N–H and O–H groups in total. The molecule has 21 heavy (non-hydrogen) atoms. The van der Waals surface area contributed by atoms with Crippen LogP contribution in [0.2, 0.25) is 0 Å². The second kappa shape index (κ2) is 7.47. The molecular formula is C18H27N3. The number of hydrogen-bond acceptors (Lipinski definition) is 3. The largest absolute Gasteiger partial charge is 0.345 e. The fraction of sp³-hybridized carbons (Fsp3) is 0.611. The van der Waals surface area contributed by atoms with E-state index in [2.05, 4.69) is 49.0 Å². The van der Waals surface area contributed by atoms with Gasteiger partial charge < -0.3 is 10.2 Å². The average Bonchev–Trinajstić information content (AvgIpc) is 3.28. The first-order valence-electron chi connectivity index (χ1n) is 8.04. The Labute approximate surface area is 129 Å². The summed E-state index contributed by atoms with van der Waals surface area (Å²) in [5, 5.41) is 3.48. The lowest BCUT2D eigenvalue weighted by Crippen LogP contribution is -2.28. The van der Waals surface area contributed by atoms with Crippen molar-refractivity contribution in [2.45, 2.75) is 52.6 Å². The molecule has 1 heterocycles.